The molecule has 0 aromatic heterocycles. The molecule has 0 radical (unpaired) electrons. The Morgan fingerprint density at radius 1 is 1.00 bits per heavy atom. The third kappa shape index (κ3) is 5.70. The van der Waals surface area contributed by atoms with Gasteiger partial charge in [-0.1, -0.05) is 32.1 Å². The number of hydrogen-bond donors (Lipinski definition) is 2. The van der Waals surface area contributed by atoms with E-state index < -0.39 is 5.60 Å². The molecule has 0 aliphatic heterocycles. The van der Waals surface area contributed by atoms with Crippen molar-refractivity contribution in [1.29, 1.82) is 0 Å². The van der Waals surface area contributed by atoms with E-state index in [0.717, 1.165) is 6.42 Å². The number of nitrogens with one attached hydrogen (secondary N) is 2. The van der Waals surface area contributed by atoms with E-state index in [1.807, 2.05) is 20.8 Å². The molecule has 0 aromatic carbocycles. The number of carbonyl (C=O) groups is 1. The third-order valence-electron chi connectivity index (χ3n) is 4.05. The Morgan fingerprint density at radius 3 is 2.20 bits per heavy atom. The van der Waals surface area contributed by atoms with Crippen molar-refractivity contribution in [3.05, 3.63) is 0 Å². The van der Waals surface area contributed by atoms with Crippen molar-refractivity contribution in [3.63, 3.8) is 0 Å². The summed E-state index contributed by atoms with van der Waals surface area (Å²) in [6.45, 7) is 5.68. The lowest BCUT2D eigenvalue weighted by molar-refractivity contribution is 0.0521. The highest BCUT2D eigenvalue weighted by atomic mass is 16.6. The van der Waals surface area contributed by atoms with Crippen molar-refractivity contribution >= 4 is 6.09 Å². The molecule has 2 atom stereocenters. The third-order valence-corrected chi connectivity index (χ3v) is 4.05. The van der Waals surface area contributed by atoms with E-state index in [-0.39, 0.29) is 12.1 Å². The van der Waals surface area contributed by atoms with Crippen molar-refractivity contribution in [1.82, 2.24) is 10.6 Å². The van der Waals surface area contributed by atoms with Crippen LogP contribution in [-0.4, -0.2) is 29.8 Å². The summed E-state index contributed by atoms with van der Waals surface area (Å²) >= 11 is 0. The lowest BCUT2D eigenvalue weighted by Crippen LogP contribution is -2.39. The van der Waals surface area contributed by atoms with Gasteiger partial charge in [0, 0.05) is 18.1 Å². The Balaban J connectivity index is 1.65. The highest BCUT2D eigenvalue weighted by Crippen LogP contribution is 2.25. The molecule has 4 heteroatoms. The average Bonchev–Trinajstić information content (AvgIpc) is 2.97. The van der Waals surface area contributed by atoms with Gasteiger partial charge in [-0.05, 0) is 40.0 Å². The molecule has 2 rings (SSSR count). The van der Waals surface area contributed by atoms with E-state index >= 15 is 0 Å². The largest absolute Gasteiger partial charge is 0.444 e. The van der Waals surface area contributed by atoms with Gasteiger partial charge >= 0.3 is 6.09 Å². The predicted molar refractivity (Wildman–Crippen MR) is 80.8 cm³/mol. The number of carbonyl (C=O) groups excluding carboxylic acids is 1. The molecule has 2 aliphatic carbocycles. The molecule has 2 aliphatic rings. The topological polar surface area (TPSA) is 50.4 Å². The monoisotopic (exact) mass is 282 g/mol. The van der Waals surface area contributed by atoms with E-state index in [2.05, 4.69) is 10.6 Å². The molecule has 2 fully saturated rings. The van der Waals surface area contributed by atoms with E-state index in [1.165, 1.54) is 44.9 Å². The van der Waals surface area contributed by atoms with Gasteiger partial charge in [0.25, 0.3) is 0 Å². The van der Waals surface area contributed by atoms with Crippen LogP contribution in [0.4, 0.5) is 4.79 Å². The lowest BCUT2D eigenvalue weighted by Gasteiger charge is -2.22. The predicted octanol–water partition coefficient (Wildman–Crippen LogP) is 3.35. The Morgan fingerprint density at radius 2 is 1.60 bits per heavy atom. The summed E-state index contributed by atoms with van der Waals surface area (Å²) in [5.41, 5.74) is -0.415. The number of alkyl carbamates (subject to hydrolysis) is 1. The molecule has 116 valence electrons. The van der Waals surface area contributed by atoms with Crippen molar-refractivity contribution in [2.24, 2.45) is 0 Å². The van der Waals surface area contributed by atoms with Gasteiger partial charge in [-0.25, -0.2) is 4.79 Å². The summed E-state index contributed by atoms with van der Waals surface area (Å²) in [6.07, 6.45) is 10.2. The van der Waals surface area contributed by atoms with Crippen LogP contribution in [0.25, 0.3) is 0 Å². The first-order chi connectivity index (χ1) is 9.44. The second-order valence-electron chi connectivity index (χ2n) is 7.30. The minimum absolute atomic E-state index is 0.260. The van der Waals surface area contributed by atoms with Crippen molar-refractivity contribution < 1.29 is 9.53 Å². The minimum Gasteiger partial charge on any atom is -0.444 e. The Hall–Kier alpha value is -0.770. The molecule has 2 saturated carbocycles. The molecule has 0 saturated heterocycles. The molecular weight excluding hydrogens is 252 g/mol. The molecule has 0 heterocycles. The van der Waals surface area contributed by atoms with Crippen LogP contribution in [0.3, 0.4) is 0 Å². The SMILES string of the molecule is CC(C)(C)OC(=O)NC1CC1NC1CCCCCCC1. The van der Waals surface area contributed by atoms with Gasteiger partial charge < -0.3 is 15.4 Å². The first-order valence-corrected chi connectivity index (χ1v) is 8.19. The number of rotatable bonds is 3. The molecule has 2 unspecified atom stereocenters. The zero-order chi connectivity index (χ0) is 14.6. The zero-order valence-corrected chi connectivity index (χ0v) is 13.2. The Labute approximate surface area is 123 Å². The van der Waals surface area contributed by atoms with Crippen LogP contribution in [0.15, 0.2) is 0 Å². The second-order valence-corrected chi connectivity index (χ2v) is 7.30. The van der Waals surface area contributed by atoms with Crippen molar-refractivity contribution in [2.75, 3.05) is 0 Å². The van der Waals surface area contributed by atoms with Crippen LogP contribution in [0.1, 0.15) is 72.1 Å². The van der Waals surface area contributed by atoms with Crippen LogP contribution in [0, 0.1) is 0 Å². The molecule has 1 amide bonds. The van der Waals surface area contributed by atoms with E-state index in [1.54, 1.807) is 0 Å². The summed E-state index contributed by atoms with van der Waals surface area (Å²) in [5, 5.41) is 6.66. The van der Waals surface area contributed by atoms with Gasteiger partial charge in [-0.2, -0.15) is 0 Å². The van der Waals surface area contributed by atoms with Crippen LogP contribution >= 0.6 is 0 Å². The quantitative estimate of drug-likeness (QED) is 0.834. The summed E-state index contributed by atoms with van der Waals surface area (Å²) < 4.78 is 5.29. The van der Waals surface area contributed by atoms with Gasteiger partial charge in [0.15, 0.2) is 0 Å². The number of amides is 1. The summed E-state index contributed by atoms with van der Waals surface area (Å²) in [7, 11) is 0. The summed E-state index contributed by atoms with van der Waals surface area (Å²) in [5.74, 6) is 0. The lowest BCUT2D eigenvalue weighted by atomic mass is 9.97. The van der Waals surface area contributed by atoms with E-state index in [9.17, 15) is 4.79 Å². The van der Waals surface area contributed by atoms with Crippen LogP contribution in [0.5, 0.6) is 0 Å². The normalized spacial score (nSPS) is 28.4. The number of hydrogen-bond acceptors (Lipinski definition) is 3. The smallest absolute Gasteiger partial charge is 0.407 e. The minimum atomic E-state index is -0.415. The van der Waals surface area contributed by atoms with Crippen molar-refractivity contribution in [3.8, 4) is 0 Å². The van der Waals surface area contributed by atoms with Crippen LogP contribution in [-0.2, 0) is 4.74 Å². The molecule has 0 spiro atoms. The Bertz CT molecular complexity index is 317. The second kappa shape index (κ2) is 6.79. The van der Waals surface area contributed by atoms with E-state index in [0.29, 0.717) is 12.1 Å². The van der Waals surface area contributed by atoms with Crippen LogP contribution in [0.2, 0.25) is 0 Å². The van der Waals surface area contributed by atoms with Gasteiger partial charge in [0.05, 0.1) is 0 Å². The first kappa shape index (κ1) is 15.6. The maximum absolute atomic E-state index is 11.7. The van der Waals surface area contributed by atoms with Gasteiger partial charge in [-0.15, -0.1) is 0 Å². The molecule has 20 heavy (non-hydrogen) atoms. The molecular formula is C16H30N2O2. The first-order valence-electron chi connectivity index (χ1n) is 8.19. The van der Waals surface area contributed by atoms with Gasteiger partial charge in [-0.3, -0.25) is 0 Å². The molecule has 4 nitrogen and oxygen atoms in total. The average molecular weight is 282 g/mol. The fourth-order valence-corrected chi connectivity index (χ4v) is 2.92. The highest BCUT2D eigenvalue weighted by Gasteiger charge is 2.40. The van der Waals surface area contributed by atoms with Gasteiger partial charge in [0.2, 0.25) is 0 Å². The van der Waals surface area contributed by atoms with Crippen LogP contribution < -0.4 is 10.6 Å². The van der Waals surface area contributed by atoms with Gasteiger partial charge in [0.1, 0.15) is 5.60 Å². The molecule has 0 aromatic rings. The number of ether oxygens (including phenoxy) is 1. The standard InChI is InChI=1S/C16H30N2O2/c1-16(2,3)20-15(19)18-14-11-13(14)17-12-9-7-5-4-6-8-10-12/h12-14,17H,4-11H2,1-3H3,(H,18,19). The zero-order valence-electron chi connectivity index (χ0n) is 13.2. The Kier molecular flexibility index (Phi) is 5.30. The molecule has 2 N–H and O–H groups in total. The maximum atomic E-state index is 11.7. The molecule has 0 bridgehead atoms. The highest BCUT2D eigenvalue weighted by molar-refractivity contribution is 5.68. The summed E-state index contributed by atoms with van der Waals surface area (Å²) in [6, 6.07) is 1.35. The summed E-state index contributed by atoms with van der Waals surface area (Å²) in [4.78, 5) is 11.7. The van der Waals surface area contributed by atoms with E-state index in [4.69, 9.17) is 4.74 Å². The fraction of sp³-hybridized carbons (Fsp3) is 0.938. The maximum Gasteiger partial charge on any atom is 0.407 e. The fourth-order valence-electron chi connectivity index (χ4n) is 2.92. The van der Waals surface area contributed by atoms with Crippen molar-refractivity contribution in [2.45, 2.75) is 95.9 Å².